The quantitative estimate of drug-likeness (QED) is 0.516. The Labute approximate surface area is 76.0 Å². The molecule has 0 saturated carbocycles. The number of carbonyl (C=O) groups is 2. The highest BCUT2D eigenvalue weighted by Gasteiger charge is 2.34. The summed E-state index contributed by atoms with van der Waals surface area (Å²) in [6.45, 7) is 1.69. The number of nitrogens with one attached hydrogen (secondary N) is 1. The van der Waals surface area contributed by atoms with E-state index in [0.29, 0.717) is 0 Å². The second-order valence-electron chi connectivity index (χ2n) is 3.30. The molecular weight excluding hydrogens is 172 g/mol. The number of hydrogen-bond donors (Lipinski definition) is 1. The van der Waals surface area contributed by atoms with Crippen LogP contribution < -0.4 is 5.32 Å². The smallest absolute Gasteiger partial charge is 0.255 e. The summed E-state index contributed by atoms with van der Waals surface area (Å²) >= 11 is 0. The van der Waals surface area contributed by atoms with Crippen LogP contribution in [0.15, 0.2) is 0 Å². The standard InChI is InChI=1S/C8H12N2O3/c11-7-4-13-5-8(12)10(7)6-1-2-9-3-6/h6,9H,1-5H2/t6-/m1/s1. The molecule has 0 spiro atoms. The van der Waals surface area contributed by atoms with Gasteiger partial charge in [0.2, 0.25) is 0 Å². The number of rotatable bonds is 1. The van der Waals surface area contributed by atoms with Crippen LogP contribution >= 0.6 is 0 Å². The van der Waals surface area contributed by atoms with Gasteiger partial charge in [-0.3, -0.25) is 14.5 Å². The fraction of sp³-hybridized carbons (Fsp3) is 0.750. The maximum atomic E-state index is 11.3. The van der Waals surface area contributed by atoms with Gasteiger partial charge in [0.25, 0.3) is 11.8 Å². The Morgan fingerprint density at radius 2 is 2.00 bits per heavy atom. The van der Waals surface area contributed by atoms with E-state index in [1.807, 2.05) is 0 Å². The highest BCUT2D eigenvalue weighted by molar-refractivity contribution is 5.98. The zero-order valence-electron chi connectivity index (χ0n) is 7.28. The molecule has 2 rings (SSSR count). The van der Waals surface area contributed by atoms with E-state index in [2.05, 4.69) is 5.32 Å². The summed E-state index contributed by atoms with van der Waals surface area (Å²) < 4.78 is 4.82. The van der Waals surface area contributed by atoms with Crippen molar-refractivity contribution in [1.82, 2.24) is 10.2 Å². The highest BCUT2D eigenvalue weighted by atomic mass is 16.5. The Morgan fingerprint density at radius 1 is 1.31 bits per heavy atom. The van der Waals surface area contributed by atoms with Crippen LogP contribution in [0.4, 0.5) is 0 Å². The van der Waals surface area contributed by atoms with Gasteiger partial charge < -0.3 is 10.1 Å². The van der Waals surface area contributed by atoms with Crippen molar-refractivity contribution in [1.29, 1.82) is 0 Å². The van der Waals surface area contributed by atoms with Gasteiger partial charge in [0, 0.05) is 6.54 Å². The maximum absolute atomic E-state index is 11.3. The summed E-state index contributed by atoms with van der Waals surface area (Å²) in [5, 5.41) is 3.12. The average molecular weight is 184 g/mol. The van der Waals surface area contributed by atoms with Crippen LogP contribution in [0.2, 0.25) is 0 Å². The molecule has 2 fully saturated rings. The lowest BCUT2D eigenvalue weighted by molar-refractivity contribution is -0.161. The van der Waals surface area contributed by atoms with E-state index in [-0.39, 0.29) is 31.1 Å². The van der Waals surface area contributed by atoms with Crippen LogP contribution in [0.25, 0.3) is 0 Å². The second-order valence-corrected chi connectivity index (χ2v) is 3.30. The molecule has 0 aliphatic carbocycles. The molecule has 13 heavy (non-hydrogen) atoms. The topological polar surface area (TPSA) is 58.6 Å². The number of amides is 2. The molecule has 2 aliphatic heterocycles. The lowest BCUT2D eigenvalue weighted by atomic mass is 10.2. The first-order valence-electron chi connectivity index (χ1n) is 4.42. The summed E-state index contributed by atoms with van der Waals surface area (Å²) in [4.78, 5) is 24.0. The van der Waals surface area contributed by atoms with Crippen molar-refractivity contribution in [3.05, 3.63) is 0 Å². The Balaban J connectivity index is 2.08. The lowest BCUT2D eigenvalue weighted by Crippen LogP contribution is -2.52. The van der Waals surface area contributed by atoms with Crippen LogP contribution in [-0.2, 0) is 14.3 Å². The molecule has 0 unspecified atom stereocenters. The third-order valence-electron chi connectivity index (χ3n) is 2.39. The summed E-state index contributed by atoms with van der Waals surface area (Å²) in [7, 11) is 0. The predicted molar refractivity (Wildman–Crippen MR) is 43.9 cm³/mol. The summed E-state index contributed by atoms with van der Waals surface area (Å²) in [5.74, 6) is -0.407. The van der Waals surface area contributed by atoms with Crippen LogP contribution in [0.5, 0.6) is 0 Å². The largest absolute Gasteiger partial charge is 0.362 e. The number of imide groups is 1. The Bertz CT molecular complexity index is 220. The molecule has 0 aromatic carbocycles. The van der Waals surface area contributed by atoms with E-state index in [1.165, 1.54) is 4.90 Å². The molecule has 0 aromatic heterocycles. The normalized spacial score (nSPS) is 29.8. The lowest BCUT2D eigenvalue weighted by Gasteiger charge is -2.29. The van der Waals surface area contributed by atoms with E-state index in [0.717, 1.165) is 19.5 Å². The number of ether oxygens (including phenoxy) is 1. The first kappa shape index (κ1) is 8.65. The molecule has 2 saturated heterocycles. The Hall–Kier alpha value is -0.940. The van der Waals surface area contributed by atoms with Crippen LogP contribution in [0.3, 0.4) is 0 Å². The third-order valence-corrected chi connectivity index (χ3v) is 2.39. The Morgan fingerprint density at radius 3 is 2.54 bits per heavy atom. The predicted octanol–water partition coefficient (Wildman–Crippen LogP) is -1.27. The fourth-order valence-electron chi connectivity index (χ4n) is 1.77. The summed E-state index contributed by atoms with van der Waals surface area (Å²) in [6.07, 6.45) is 0.859. The number of morpholine rings is 1. The highest BCUT2D eigenvalue weighted by Crippen LogP contribution is 2.12. The fourth-order valence-corrected chi connectivity index (χ4v) is 1.77. The molecule has 0 bridgehead atoms. The SMILES string of the molecule is O=C1COCC(=O)N1[C@@H]1CCNC1. The maximum Gasteiger partial charge on any atom is 0.255 e. The van der Waals surface area contributed by atoms with E-state index in [1.54, 1.807) is 0 Å². The van der Waals surface area contributed by atoms with Gasteiger partial charge in [-0.15, -0.1) is 0 Å². The first-order valence-corrected chi connectivity index (χ1v) is 4.42. The van der Waals surface area contributed by atoms with E-state index < -0.39 is 0 Å². The minimum absolute atomic E-state index is 0.0439. The third kappa shape index (κ3) is 1.57. The van der Waals surface area contributed by atoms with Crippen molar-refractivity contribution in [2.75, 3.05) is 26.3 Å². The van der Waals surface area contributed by atoms with Crippen LogP contribution in [0, 0.1) is 0 Å². The van der Waals surface area contributed by atoms with Crippen molar-refractivity contribution in [3.8, 4) is 0 Å². The molecule has 2 aliphatic rings. The second kappa shape index (κ2) is 3.43. The zero-order chi connectivity index (χ0) is 9.26. The zero-order valence-corrected chi connectivity index (χ0v) is 7.28. The van der Waals surface area contributed by atoms with Gasteiger partial charge in [0.05, 0.1) is 6.04 Å². The minimum atomic E-state index is -0.204. The van der Waals surface area contributed by atoms with Crippen molar-refractivity contribution in [2.45, 2.75) is 12.5 Å². The van der Waals surface area contributed by atoms with Crippen molar-refractivity contribution < 1.29 is 14.3 Å². The number of hydrogen-bond acceptors (Lipinski definition) is 4. The molecule has 5 nitrogen and oxygen atoms in total. The molecule has 2 amide bonds. The summed E-state index contributed by atoms with van der Waals surface area (Å²) in [6, 6.07) is 0.0453. The molecule has 1 atom stereocenters. The van der Waals surface area contributed by atoms with Gasteiger partial charge in [-0.1, -0.05) is 0 Å². The van der Waals surface area contributed by atoms with Gasteiger partial charge in [-0.05, 0) is 13.0 Å². The molecule has 5 heteroatoms. The van der Waals surface area contributed by atoms with Crippen molar-refractivity contribution in [3.63, 3.8) is 0 Å². The van der Waals surface area contributed by atoms with Gasteiger partial charge >= 0.3 is 0 Å². The van der Waals surface area contributed by atoms with Crippen LogP contribution in [-0.4, -0.2) is 49.1 Å². The van der Waals surface area contributed by atoms with Gasteiger partial charge in [-0.2, -0.15) is 0 Å². The molecule has 72 valence electrons. The summed E-state index contributed by atoms with van der Waals surface area (Å²) in [5.41, 5.74) is 0. The van der Waals surface area contributed by atoms with Gasteiger partial charge in [0.15, 0.2) is 0 Å². The number of nitrogens with zero attached hydrogens (tertiary/aromatic N) is 1. The number of carbonyl (C=O) groups excluding carboxylic acids is 2. The molecule has 1 N–H and O–H groups in total. The van der Waals surface area contributed by atoms with Crippen LogP contribution in [0.1, 0.15) is 6.42 Å². The molecule has 2 heterocycles. The molecular formula is C8H12N2O3. The average Bonchev–Trinajstić information content (AvgIpc) is 2.57. The van der Waals surface area contributed by atoms with Gasteiger partial charge in [0.1, 0.15) is 13.2 Å². The first-order chi connectivity index (χ1) is 6.29. The molecule has 0 aromatic rings. The monoisotopic (exact) mass is 184 g/mol. The Kier molecular flexibility index (Phi) is 2.28. The van der Waals surface area contributed by atoms with E-state index in [4.69, 9.17) is 4.74 Å². The molecule has 0 radical (unpaired) electrons. The van der Waals surface area contributed by atoms with E-state index in [9.17, 15) is 9.59 Å². The van der Waals surface area contributed by atoms with Crippen molar-refractivity contribution >= 4 is 11.8 Å². The van der Waals surface area contributed by atoms with E-state index >= 15 is 0 Å². The van der Waals surface area contributed by atoms with Crippen molar-refractivity contribution in [2.24, 2.45) is 0 Å². The minimum Gasteiger partial charge on any atom is -0.362 e. The van der Waals surface area contributed by atoms with Gasteiger partial charge in [-0.25, -0.2) is 0 Å².